The fraction of sp³-hybridized carbons (Fsp3) is 0.278. The third-order valence-corrected chi connectivity index (χ3v) is 5.06. The molecule has 1 amide bonds. The Bertz CT molecular complexity index is 717. The summed E-state index contributed by atoms with van der Waals surface area (Å²) in [5.74, 6) is -0.183. The molecule has 0 bridgehead atoms. The number of rotatable bonds is 3. The number of halogens is 1. The number of likely N-dealkylation sites (N-methyl/N-ethyl adjacent to an activating group) is 1. The Labute approximate surface area is 139 Å². The molecule has 0 saturated carbocycles. The van der Waals surface area contributed by atoms with Crippen molar-refractivity contribution >= 4 is 23.3 Å². The van der Waals surface area contributed by atoms with Gasteiger partial charge in [0, 0.05) is 47.6 Å². The van der Waals surface area contributed by atoms with Crippen molar-refractivity contribution in [2.75, 3.05) is 33.2 Å². The maximum Gasteiger partial charge on any atom is 0.246 e. The minimum absolute atomic E-state index is 0.0407. The highest BCUT2D eigenvalue weighted by Crippen LogP contribution is 2.30. The van der Waals surface area contributed by atoms with Crippen molar-refractivity contribution < 1.29 is 9.18 Å². The van der Waals surface area contributed by atoms with Gasteiger partial charge in [0.25, 0.3) is 0 Å². The summed E-state index contributed by atoms with van der Waals surface area (Å²) in [7, 11) is 2.06. The van der Waals surface area contributed by atoms with E-state index in [0.29, 0.717) is 5.56 Å². The predicted octanol–water partition coefficient (Wildman–Crippen LogP) is 3.34. The molecule has 0 radical (unpaired) electrons. The highest BCUT2D eigenvalue weighted by Gasteiger charge is 2.16. The highest BCUT2D eigenvalue weighted by atomic mass is 32.1. The second kappa shape index (κ2) is 7.06. The van der Waals surface area contributed by atoms with Crippen LogP contribution in [-0.2, 0) is 4.79 Å². The molecule has 120 valence electrons. The van der Waals surface area contributed by atoms with E-state index in [1.807, 2.05) is 29.2 Å². The Morgan fingerprint density at radius 2 is 1.87 bits per heavy atom. The van der Waals surface area contributed by atoms with Gasteiger partial charge >= 0.3 is 0 Å². The number of carbonyl (C=O) groups excluding carboxylic acids is 1. The monoisotopic (exact) mass is 330 g/mol. The number of hydrogen-bond donors (Lipinski definition) is 0. The quantitative estimate of drug-likeness (QED) is 0.806. The standard InChI is InChI=1S/C18H19FN2OS/c1-20-10-12-21(13-11-20)18(22)9-7-14-6-8-17(23-14)15-4-2-3-5-16(15)19/h2-9H,10-13H2,1H3/b9-7+. The molecule has 1 aromatic carbocycles. The van der Waals surface area contributed by atoms with Gasteiger partial charge in [0.05, 0.1) is 0 Å². The minimum atomic E-state index is -0.224. The molecule has 0 aliphatic carbocycles. The molecule has 5 heteroatoms. The smallest absolute Gasteiger partial charge is 0.246 e. The summed E-state index contributed by atoms with van der Waals surface area (Å²) in [6.45, 7) is 3.36. The third kappa shape index (κ3) is 3.86. The summed E-state index contributed by atoms with van der Waals surface area (Å²) >= 11 is 1.48. The minimum Gasteiger partial charge on any atom is -0.337 e. The van der Waals surface area contributed by atoms with Gasteiger partial charge < -0.3 is 9.80 Å². The average Bonchev–Trinajstić information content (AvgIpc) is 3.02. The number of piperazine rings is 1. The molecule has 1 aromatic heterocycles. The summed E-state index contributed by atoms with van der Waals surface area (Å²) in [5, 5.41) is 0. The molecule has 0 spiro atoms. The Morgan fingerprint density at radius 1 is 1.13 bits per heavy atom. The Hall–Kier alpha value is -1.98. The number of thiophene rings is 1. The Balaban J connectivity index is 1.67. The van der Waals surface area contributed by atoms with Gasteiger partial charge in [0.1, 0.15) is 5.82 Å². The summed E-state index contributed by atoms with van der Waals surface area (Å²) in [4.78, 5) is 18.1. The number of hydrogen-bond acceptors (Lipinski definition) is 3. The molecule has 23 heavy (non-hydrogen) atoms. The molecule has 2 heterocycles. The van der Waals surface area contributed by atoms with E-state index in [1.54, 1.807) is 18.2 Å². The number of benzene rings is 1. The molecule has 2 aromatic rings. The van der Waals surface area contributed by atoms with Crippen LogP contribution in [-0.4, -0.2) is 48.9 Å². The van der Waals surface area contributed by atoms with Crippen molar-refractivity contribution in [3.63, 3.8) is 0 Å². The highest BCUT2D eigenvalue weighted by molar-refractivity contribution is 7.16. The van der Waals surface area contributed by atoms with E-state index in [0.717, 1.165) is 35.9 Å². The van der Waals surface area contributed by atoms with E-state index in [4.69, 9.17) is 0 Å². The van der Waals surface area contributed by atoms with E-state index in [2.05, 4.69) is 11.9 Å². The van der Waals surface area contributed by atoms with Gasteiger partial charge in [0.15, 0.2) is 0 Å². The van der Waals surface area contributed by atoms with Crippen LogP contribution in [0.25, 0.3) is 16.5 Å². The summed E-state index contributed by atoms with van der Waals surface area (Å²) in [6.07, 6.45) is 3.43. The molecule has 3 nitrogen and oxygen atoms in total. The van der Waals surface area contributed by atoms with Crippen molar-refractivity contribution in [3.8, 4) is 10.4 Å². The van der Waals surface area contributed by atoms with Gasteiger partial charge in [-0.3, -0.25) is 4.79 Å². The fourth-order valence-corrected chi connectivity index (χ4v) is 3.47. The van der Waals surface area contributed by atoms with E-state index in [-0.39, 0.29) is 11.7 Å². The fourth-order valence-electron chi connectivity index (χ4n) is 2.53. The van der Waals surface area contributed by atoms with Gasteiger partial charge in [0.2, 0.25) is 5.91 Å². The first-order valence-corrected chi connectivity index (χ1v) is 8.45. The average molecular weight is 330 g/mol. The SMILES string of the molecule is CN1CCN(C(=O)/C=C/c2ccc(-c3ccccc3F)s2)CC1. The summed E-state index contributed by atoms with van der Waals surface area (Å²) in [6, 6.07) is 10.5. The zero-order valence-corrected chi connectivity index (χ0v) is 13.9. The molecule has 0 atom stereocenters. The van der Waals surface area contributed by atoms with Gasteiger partial charge in [-0.15, -0.1) is 11.3 Å². The van der Waals surface area contributed by atoms with Crippen molar-refractivity contribution in [3.05, 3.63) is 53.2 Å². The second-order valence-corrected chi connectivity index (χ2v) is 6.76. The largest absolute Gasteiger partial charge is 0.337 e. The van der Waals surface area contributed by atoms with Crippen LogP contribution in [0.5, 0.6) is 0 Å². The lowest BCUT2D eigenvalue weighted by Gasteiger charge is -2.31. The number of carbonyl (C=O) groups is 1. The zero-order valence-electron chi connectivity index (χ0n) is 13.0. The molecule has 1 fully saturated rings. The van der Waals surface area contributed by atoms with Gasteiger partial charge in [-0.25, -0.2) is 4.39 Å². The first-order chi connectivity index (χ1) is 11.1. The maximum atomic E-state index is 13.8. The molecule has 3 rings (SSSR count). The first-order valence-electron chi connectivity index (χ1n) is 7.64. The second-order valence-electron chi connectivity index (χ2n) is 5.64. The molecule has 1 aliphatic heterocycles. The van der Waals surface area contributed by atoms with Crippen molar-refractivity contribution in [1.82, 2.24) is 9.80 Å². The van der Waals surface area contributed by atoms with Crippen molar-refractivity contribution in [1.29, 1.82) is 0 Å². The van der Waals surface area contributed by atoms with Crippen LogP contribution in [0.1, 0.15) is 4.88 Å². The van der Waals surface area contributed by atoms with Crippen LogP contribution < -0.4 is 0 Å². The summed E-state index contributed by atoms with van der Waals surface area (Å²) < 4.78 is 13.8. The molecule has 1 saturated heterocycles. The summed E-state index contributed by atoms with van der Waals surface area (Å²) in [5.41, 5.74) is 0.600. The van der Waals surface area contributed by atoms with E-state index >= 15 is 0 Å². The van der Waals surface area contributed by atoms with Crippen LogP contribution in [0.4, 0.5) is 4.39 Å². The first kappa shape index (κ1) is 15.9. The Morgan fingerprint density at radius 3 is 2.61 bits per heavy atom. The molecule has 0 N–H and O–H groups in total. The van der Waals surface area contributed by atoms with Crippen LogP contribution in [0.15, 0.2) is 42.5 Å². The van der Waals surface area contributed by atoms with E-state index < -0.39 is 0 Å². The van der Waals surface area contributed by atoms with Crippen LogP contribution in [0, 0.1) is 5.82 Å². The third-order valence-electron chi connectivity index (χ3n) is 3.97. The van der Waals surface area contributed by atoms with E-state index in [1.165, 1.54) is 17.4 Å². The lowest BCUT2D eigenvalue weighted by molar-refractivity contribution is -0.127. The molecule has 0 unspecified atom stereocenters. The van der Waals surface area contributed by atoms with Gasteiger partial charge in [-0.05, 0) is 31.3 Å². The topological polar surface area (TPSA) is 23.6 Å². The maximum absolute atomic E-state index is 13.8. The van der Waals surface area contributed by atoms with Crippen LogP contribution in [0.3, 0.4) is 0 Å². The predicted molar refractivity (Wildman–Crippen MR) is 92.8 cm³/mol. The molecular weight excluding hydrogens is 311 g/mol. The van der Waals surface area contributed by atoms with Gasteiger partial charge in [-0.2, -0.15) is 0 Å². The van der Waals surface area contributed by atoms with Crippen molar-refractivity contribution in [2.24, 2.45) is 0 Å². The lowest BCUT2D eigenvalue weighted by atomic mass is 10.2. The number of amides is 1. The van der Waals surface area contributed by atoms with Crippen LogP contribution >= 0.6 is 11.3 Å². The Kier molecular flexibility index (Phi) is 4.88. The van der Waals surface area contributed by atoms with Crippen molar-refractivity contribution in [2.45, 2.75) is 0 Å². The normalized spacial score (nSPS) is 16.2. The number of nitrogens with zero attached hydrogens (tertiary/aromatic N) is 2. The molecule has 1 aliphatic rings. The lowest BCUT2D eigenvalue weighted by Crippen LogP contribution is -2.46. The zero-order chi connectivity index (χ0) is 16.2. The van der Waals surface area contributed by atoms with E-state index in [9.17, 15) is 9.18 Å². The van der Waals surface area contributed by atoms with Crippen LogP contribution in [0.2, 0.25) is 0 Å². The van der Waals surface area contributed by atoms with Gasteiger partial charge in [-0.1, -0.05) is 18.2 Å². The molecular formula is C18H19FN2OS.